The van der Waals surface area contributed by atoms with Gasteiger partial charge in [0, 0.05) is 42.9 Å². The highest BCUT2D eigenvalue weighted by Gasteiger charge is 2.18. The Morgan fingerprint density at radius 3 is 2.43 bits per heavy atom. The summed E-state index contributed by atoms with van der Waals surface area (Å²) in [6.45, 7) is 0. The number of benzene rings is 3. The van der Waals surface area contributed by atoms with E-state index in [1.165, 1.54) is 20.2 Å². The molecule has 1 N–H and O–H groups in total. The molecule has 0 fully saturated rings. The van der Waals surface area contributed by atoms with E-state index >= 15 is 0 Å². The molecule has 1 aromatic heterocycles. The van der Waals surface area contributed by atoms with Gasteiger partial charge in [0.15, 0.2) is 0 Å². The van der Waals surface area contributed by atoms with Crippen LogP contribution < -0.4 is 14.4 Å². The number of aromatic nitrogens is 1. The maximum atomic E-state index is 14.4. The van der Waals surface area contributed by atoms with Crippen molar-refractivity contribution in [3.8, 4) is 16.9 Å². The zero-order chi connectivity index (χ0) is 25.5. The highest BCUT2D eigenvalue weighted by molar-refractivity contribution is 7.92. The van der Waals surface area contributed by atoms with E-state index in [0.717, 1.165) is 28.1 Å². The summed E-state index contributed by atoms with van der Waals surface area (Å²) < 4.78 is 59.6. The van der Waals surface area contributed by atoms with Crippen LogP contribution in [-0.2, 0) is 17.1 Å². The van der Waals surface area contributed by atoms with Crippen LogP contribution in [0.25, 0.3) is 22.0 Å². The summed E-state index contributed by atoms with van der Waals surface area (Å²) in [4.78, 5) is 13.1. The van der Waals surface area contributed by atoms with E-state index in [1.54, 1.807) is 54.1 Å². The molecule has 0 aliphatic heterocycles. The van der Waals surface area contributed by atoms with Gasteiger partial charge in [-0.05, 0) is 48.0 Å². The van der Waals surface area contributed by atoms with Crippen LogP contribution in [0.15, 0.2) is 60.7 Å². The maximum Gasteiger partial charge on any atom is 0.272 e. The largest absolute Gasteiger partial charge is 0.497 e. The van der Waals surface area contributed by atoms with Crippen LogP contribution in [0.3, 0.4) is 0 Å². The van der Waals surface area contributed by atoms with Gasteiger partial charge in [0.2, 0.25) is 10.0 Å². The van der Waals surface area contributed by atoms with Crippen molar-refractivity contribution in [1.82, 2.24) is 4.57 Å². The lowest BCUT2D eigenvalue weighted by Gasteiger charge is -2.16. The summed E-state index contributed by atoms with van der Waals surface area (Å²) in [5, 5.41) is 3.55. The first-order chi connectivity index (χ1) is 16.5. The Kier molecular flexibility index (Phi) is 6.25. The molecule has 4 rings (SSSR count). The number of fused-ring (bicyclic) bond motifs is 1. The highest BCUT2D eigenvalue weighted by Crippen LogP contribution is 2.31. The molecule has 1 heterocycles. The maximum absolute atomic E-state index is 14.4. The molecule has 3 aromatic carbocycles. The first kappa shape index (κ1) is 24.2. The topological polar surface area (TPSA) is 80.6 Å². The predicted molar refractivity (Wildman–Crippen MR) is 132 cm³/mol. The highest BCUT2D eigenvalue weighted by atomic mass is 32.2. The van der Waals surface area contributed by atoms with Gasteiger partial charge in [-0.2, -0.15) is 0 Å². The van der Waals surface area contributed by atoms with Crippen molar-refractivity contribution in [2.24, 2.45) is 7.05 Å². The number of hydrogen-bond acceptors (Lipinski definition) is 4. The molecule has 0 unspecified atom stereocenters. The van der Waals surface area contributed by atoms with Crippen LogP contribution in [0, 0.1) is 11.6 Å². The normalized spacial score (nSPS) is 11.5. The number of hydrogen-bond donors (Lipinski definition) is 1. The number of amides is 1. The minimum atomic E-state index is -3.44. The number of carbonyl (C=O) groups is 1. The Hall–Kier alpha value is -3.92. The van der Waals surface area contributed by atoms with Gasteiger partial charge in [-0.3, -0.25) is 9.10 Å². The van der Waals surface area contributed by atoms with E-state index in [4.69, 9.17) is 4.74 Å². The number of ether oxygens (including phenoxy) is 1. The van der Waals surface area contributed by atoms with E-state index in [9.17, 15) is 22.0 Å². The number of methoxy groups -OCH3 is 1. The van der Waals surface area contributed by atoms with Crippen LogP contribution in [0.5, 0.6) is 5.75 Å². The van der Waals surface area contributed by atoms with Crippen LogP contribution in [0.1, 0.15) is 10.5 Å². The number of aryl methyl sites for hydroxylation is 1. The lowest BCUT2D eigenvalue weighted by molar-refractivity contribution is 0.101. The lowest BCUT2D eigenvalue weighted by atomic mass is 10.0. The van der Waals surface area contributed by atoms with Gasteiger partial charge in [0.25, 0.3) is 5.91 Å². The monoisotopic (exact) mass is 499 g/mol. The first-order valence-electron chi connectivity index (χ1n) is 10.5. The van der Waals surface area contributed by atoms with E-state index in [0.29, 0.717) is 33.9 Å². The number of rotatable bonds is 6. The Balaban J connectivity index is 1.69. The van der Waals surface area contributed by atoms with Crippen LogP contribution >= 0.6 is 0 Å². The molecule has 182 valence electrons. The summed E-state index contributed by atoms with van der Waals surface area (Å²) in [5.41, 5.74) is 2.39. The number of nitrogens with one attached hydrogen (secondary N) is 1. The van der Waals surface area contributed by atoms with Crippen molar-refractivity contribution in [3.05, 3.63) is 78.0 Å². The van der Waals surface area contributed by atoms with Crippen LogP contribution in [0.2, 0.25) is 0 Å². The third-order valence-electron chi connectivity index (χ3n) is 5.76. The molecule has 0 saturated heterocycles. The molecule has 0 aliphatic rings. The number of carbonyl (C=O) groups excluding carboxylic acids is 1. The summed E-state index contributed by atoms with van der Waals surface area (Å²) >= 11 is 0. The summed E-state index contributed by atoms with van der Waals surface area (Å²) in [5.74, 6) is -1.48. The summed E-state index contributed by atoms with van der Waals surface area (Å²) in [6, 6.07) is 14.8. The van der Waals surface area contributed by atoms with E-state index in [1.807, 2.05) is 0 Å². The second-order valence-corrected chi connectivity index (χ2v) is 10.1. The Labute approximate surface area is 201 Å². The van der Waals surface area contributed by atoms with Crippen molar-refractivity contribution in [3.63, 3.8) is 0 Å². The quantitative estimate of drug-likeness (QED) is 0.414. The van der Waals surface area contributed by atoms with Gasteiger partial charge < -0.3 is 14.6 Å². The molecule has 7 nitrogen and oxygen atoms in total. The molecule has 4 aromatic rings. The molecular weight excluding hydrogens is 476 g/mol. The van der Waals surface area contributed by atoms with Crippen molar-refractivity contribution in [2.45, 2.75) is 0 Å². The minimum absolute atomic E-state index is 0.160. The molecule has 0 atom stereocenters. The smallest absolute Gasteiger partial charge is 0.272 e. The van der Waals surface area contributed by atoms with Crippen molar-refractivity contribution in [2.75, 3.05) is 30.0 Å². The minimum Gasteiger partial charge on any atom is -0.497 e. The van der Waals surface area contributed by atoms with Gasteiger partial charge in [-0.25, -0.2) is 17.2 Å². The molecule has 0 aliphatic carbocycles. The van der Waals surface area contributed by atoms with E-state index in [-0.39, 0.29) is 5.56 Å². The fraction of sp³-hybridized carbons (Fsp3) is 0.160. The number of halogens is 2. The molecule has 35 heavy (non-hydrogen) atoms. The number of sulfonamides is 1. The average Bonchev–Trinajstić information content (AvgIpc) is 3.13. The van der Waals surface area contributed by atoms with Crippen molar-refractivity contribution >= 4 is 38.2 Å². The number of anilines is 2. The molecule has 0 saturated carbocycles. The molecule has 0 spiro atoms. The van der Waals surface area contributed by atoms with Crippen molar-refractivity contribution < 1.29 is 26.7 Å². The van der Waals surface area contributed by atoms with E-state index < -0.39 is 27.6 Å². The SMILES string of the molecule is COc1cc(NC(=O)c2cc3ccc(N(C)S(C)(=O)=O)cc3n2C)cc(-c2ccc(F)cc2F)c1. The Morgan fingerprint density at radius 1 is 1.03 bits per heavy atom. The van der Waals surface area contributed by atoms with Crippen LogP contribution in [0.4, 0.5) is 20.2 Å². The molecule has 0 radical (unpaired) electrons. The van der Waals surface area contributed by atoms with Gasteiger partial charge in [-0.1, -0.05) is 6.07 Å². The zero-order valence-electron chi connectivity index (χ0n) is 19.5. The number of nitrogens with zero attached hydrogens (tertiary/aromatic N) is 2. The van der Waals surface area contributed by atoms with Gasteiger partial charge >= 0.3 is 0 Å². The van der Waals surface area contributed by atoms with Crippen molar-refractivity contribution in [1.29, 1.82) is 0 Å². The van der Waals surface area contributed by atoms with Gasteiger partial charge in [0.1, 0.15) is 23.1 Å². The molecule has 1 amide bonds. The predicted octanol–water partition coefficient (Wildman–Crippen LogP) is 4.78. The molecule has 0 bridgehead atoms. The molecular formula is C25H23F2N3O4S. The second kappa shape index (κ2) is 9.03. The zero-order valence-corrected chi connectivity index (χ0v) is 20.3. The van der Waals surface area contributed by atoms with Crippen LogP contribution in [-0.4, -0.2) is 39.3 Å². The second-order valence-electron chi connectivity index (χ2n) is 8.09. The summed E-state index contributed by atoms with van der Waals surface area (Å²) in [6.07, 6.45) is 1.11. The average molecular weight is 500 g/mol. The first-order valence-corrected chi connectivity index (χ1v) is 12.3. The third-order valence-corrected chi connectivity index (χ3v) is 6.97. The summed E-state index contributed by atoms with van der Waals surface area (Å²) in [7, 11) is 1.16. The van der Waals surface area contributed by atoms with E-state index in [2.05, 4.69) is 5.32 Å². The fourth-order valence-electron chi connectivity index (χ4n) is 3.79. The standard InChI is InChI=1S/C25H23F2N3O4S/c1-29-23-14-19(30(2)35(4,32)33)7-5-15(23)11-24(29)25(31)28-18-9-16(10-20(13-18)34-3)21-8-6-17(26)12-22(21)27/h5-14H,1-4H3,(H,28,31). The van der Waals surface area contributed by atoms with Gasteiger partial charge in [-0.15, -0.1) is 0 Å². The Morgan fingerprint density at radius 2 is 1.77 bits per heavy atom. The fourth-order valence-corrected chi connectivity index (χ4v) is 4.28. The molecule has 10 heteroatoms. The lowest BCUT2D eigenvalue weighted by Crippen LogP contribution is -2.24. The third kappa shape index (κ3) is 4.83. The Bertz CT molecular complexity index is 1560. The van der Waals surface area contributed by atoms with Gasteiger partial charge in [0.05, 0.1) is 24.6 Å².